The van der Waals surface area contributed by atoms with Crippen LogP contribution in [0.1, 0.15) is 37.4 Å². The monoisotopic (exact) mass is 552 g/mol. The van der Waals surface area contributed by atoms with E-state index in [2.05, 4.69) is 10.2 Å². The van der Waals surface area contributed by atoms with Crippen LogP contribution in [0.5, 0.6) is 5.75 Å². The van der Waals surface area contributed by atoms with Gasteiger partial charge in [0.2, 0.25) is 5.91 Å². The number of carbonyl (C=O) groups excluding carboxylic acids is 1. The number of ether oxygens (including phenoxy) is 1. The molecule has 2 aromatic rings. The van der Waals surface area contributed by atoms with Crippen LogP contribution in [0.3, 0.4) is 0 Å². The standard InChI is InChI=1S/C23H22F6N2O5S/c24-22(25,26)19(32)14-5-7-15(8-6-14)31-20(33)21(13-30-31)11-9-16(10-12-21)37(34,35)18-4-2-1-3-17(18)36-23(27,28)29/h1-8,16,19,30,32H,9-13H2. The highest BCUT2D eigenvalue weighted by Gasteiger charge is 2.51. The molecule has 7 nitrogen and oxygen atoms in total. The summed E-state index contributed by atoms with van der Waals surface area (Å²) in [7, 11) is -4.21. The van der Waals surface area contributed by atoms with Crippen LogP contribution >= 0.6 is 0 Å². The molecule has 2 fully saturated rings. The zero-order valence-electron chi connectivity index (χ0n) is 19.0. The SMILES string of the molecule is O=C1N(c2ccc(C(O)C(F)(F)F)cc2)NCC12CCC(S(=O)(=O)c1ccccc1OC(F)(F)F)CC2. The third kappa shape index (κ3) is 5.41. The predicted octanol–water partition coefficient (Wildman–Crippen LogP) is 4.44. The van der Waals surface area contributed by atoms with Gasteiger partial charge in [-0.15, -0.1) is 13.2 Å². The normalized spacial score (nSPS) is 23.9. The average molecular weight is 552 g/mol. The molecule has 1 aliphatic carbocycles. The molecule has 1 unspecified atom stereocenters. The first kappa shape index (κ1) is 27.2. The van der Waals surface area contributed by atoms with Gasteiger partial charge in [0.25, 0.3) is 0 Å². The number of hydrogen-bond donors (Lipinski definition) is 2. The lowest BCUT2D eigenvalue weighted by molar-refractivity contribution is -0.275. The molecule has 0 bridgehead atoms. The summed E-state index contributed by atoms with van der Waals surface area (Å²) < 4.78 is 107. The summed E-state index contributed by atoms with van der Waals surface area (Å²) in [4.78, 5) is 12.7. The van der Waals surface area contributed by atoms with E-state index in [0.29, 0.717) is 0 Å². The molecule has 1 heterocycles. The number of para-hydroxylation sites is 1. The molecule has 2 aromatic carbocycles. The highest BCUT2D eigenvalue weighted by molar-refractivity contribution is 7.92. The number of nitrogens with one attached hydrogen (secondary N) is 1. The number of anilines is 1. The lowest BCUT2D eigenvalue weighted by atomic mass is 9.74. The number of rotatable bonds is 5. The predicted molar refractivity (Wildman–Crippen MR) is 118 cm³/mol. The zero-order chi connectivity index (χ0) is 27.2. The lowest BCUT2D eigenvalue weighted by Gasteiger charge is -2.34. The number of aliphatic hydroxyl groups excluding tert-OH is 1. The second-order valence-electron chi connectivity index (χ2n) is 9.03. The third-order valence-electron chi connectivity index (χ3n) is 6.72. The number of alkyl halides is 6. The van der Waals surface area contributed by atoms with Gasteiger partial charge >= 0.3 is 12.5 Å². The first-order valence-corrected chi connectivity index (χ1v) is 12.7. The number of halogens is 6. The first-order valence-electron chi connectivity index (χ1n) is 11.2. The number of carbonyl (C=O) groups is 1. The van der Waals surface area contributed by atoms with E-state index in [-0.39, 0.29) is 37.9 Å². The van der Waals surface area contributed by atoms with Gasteiger partial charge in [-0.3, -0.25) is 4.79 Å². The van der Waals surface area contributed by atoms with Crippen LogP contribution < -0.4 is 15.2 Å². The fourth-order valence-electron chi connectivity index (χ4n) is 4.74. The minimum atomic E-state index is -5.07. The minimum Gasteiger partial charge on any atom is -0.404 e. The van der Waals surface area contributed by atoms with E-state index >= 15 is 0 Å². The Morgan fingerprint density at radius 3 is 2.16 bits per heavy atom. The van der Waals surface area contributed by atoms with Crippen molar-refractivity contribution in [2.24, 2.45) is 5.41 Å². The van der Waals surface area contributed by atoms with Crippen molar-refractivity contribution in [1.29, 1.82) is 0 Å². The molecule has 202 valence electrons. The Morgan fingerprint density at radius 2 is 1.59 bits per heavy atom. The number of hydrazine groups is 1. The average Bonchev–Trinajstić information content (AvgIpc) is 3.13. The fraction of sp³-hybridized carbons (Fsp3) is 0.435. The van der Waals surface area contributed by atoms with Gasteiger partial charge in [-0.25, -0.2) is 18.9 Å². The summed E-state index contributed by atoms with van der Waals surface area (Å²) in [5.74, 6) is -1.22. The van der Waals surface area contributed by atoms with Crippen molar-refractivity contribution in [3.63, 3.8) is 0 Å². The number of amides is 1. The topological polar surface area (TPSA) is 95.9 Å². The molecule has 1 atom stereocenters. The number of hydrogen-bond acceptors (Lipinski definition) is 6. The number of benzene rings is 2. The molecular formula is C23H22F6N2O5S. The third-order valence-corrected chi connectivity index (χ3v) is 9.02. The molecule has 1 aliphatic heterocycles. The highest BCUT2D eigenvalue weighted by atomic mass is 32.2. The van der Waals surface area contributed by atoms with Gasteiger partial charge in [-0.1, -0.05) is 24.3 Å². The van der Waals surface area contributed by atoms with Crippen molar-refractivity contribution in [3.05, 3.63) is 54.1 Å². The van der Waals surface area contributed by atoms with Crippen molar-refractivity contribution < 1.29 is 49.4 Å². The summed E-state index contributed by atoms with van der Waals surface area (Å²) >= 11 is 0. The maximum atomic E-state index is 13.2. The largest absolute Gasteiger partial charge is 0.573 e. The Kier molecular flexibility index (Phi) is 6.97. The van der Waals surface area contributed by atoms with Crippen LogP contribution in [0.4, 0.5) is 32.0 Å². The quantitative estimate of drug-likeness (QED) is 0.533. The Labute approximate surface area is 207 Å². The molecule has 2 aliphatic rings. The molecular weight excluding hydrogens is 530 g/mol. The second kappa shape index (κ2) is 9.48. The number of sulfone groups is 1. The van der Waals surface area contributed by atoms with E-state index in [1.54, 1.807) is 0 Å². The Bertz CT molecular complexity index is 1260. The molecule has 0 radical (unpaired) electrons. The maximum Gasteiger partial charge on any atom is 0.573 e. The van der Waals surface area contributed by atoms with Crippen LogP contribution in [-0.2, 0) is 14.6 Å². The summed E-state index contributed by atoms with van der Waals surface area (Å²) in [6.45, 7) is 0.152. The van der Waals surface area contributed by atoms with Crippen LogP contribution in [0.2, 0.25) is 0 Å². The van der Waals surface area contributed by atoms with Crippen molar-refractivity contribution in [2.75, 3.05) is 11.6 Å². The van der Waals surface area contributed by atoms with Crippen LogP contribution in [0, 0.1) is 5.41 Å². The number of nitrogens with zero attached hydrogens (tertiary/aromatic N) is 1. The van der Waals surface area contributed by atoms with E-state index in [1.807, 2.05) is 0 Å². The van der Waals surface area contributed by atoms with Gasteiger partial charge in [-0.2, -0.15) is 13.2 Å². The van der Waals surface area contributed by atoms with E-state index in [0.717, 1.165) is 24.3 Å². The molecule has 2 N–H and O–H groups in total. The van der Waals surface area contributed by atoms with Gasteiger partial charge in [0.05, 0.1) is 16.4 Å². The summed E-state index contributed by atoms with van der Waals surface area (Å²) in [5.41, 5.74) is 1.77. The minimum absolute atomic E-state index is 0.0145. The van der Waals surface area contributed by atoms with Crippen LogP contribution in [-0.4, -0.2) is 43.8 Å². The van der Waals surface area contributed by atoms with Crippen molar-refractivity contribution in [1.82, 2.24) is 5.43 Å². The maximum absolute atomic E-state index is 13.2. The van der Waals surface area contributed by atoms with Gasteiger partial charge in [-0.05, 0) is 55.5 Å². The zero-order valence-corrected chi connectivity index (χ0v) is 19.8. The highest BCUT2D eigenvalue weighted by Crippen LogP contribution is 2.45. The van der Waals surface area contributed by atoms with Crippen LogP contribution in [0.15, 0.2) is 53.4 Å². The van der Waals surface area contributed by atoms with E-state index in [4.69, 9.17) is 0 Å². The van der Waals surface area contributed by atoms with E-state index in [1.165, 1.54) is 29.3 Å². The van der Waals surface area contributed by atoms with Gasteiger partial charge < -0.3 is 9.84 Å². The van der Waals surface area contributed by atoms with Gasteiger partial charge in [0, 0.05) is 6.54 Å². The van der Waals surface area contributed by atoms with Crippen molar-refractivity contribution in [2.45, 2.75) is 54.5 Å². The first-order chi connectivity index (χ1) is 17.1. The van der Waals surface area contributed by atoms with Gasteiger partial charge in [0.1, 0.15) is 10.6 Å². The smallest absolute Gasteiger partial charge is 0.404 e. The van der Waals surface area contributed by atoms with E-state index in [9.17, 15) is 44.7 Å². The van der Waals surface area contributed by atoms with E-state index < -0.39 is 61.3 Å². The molecule has 37 heavy (non-hydrogen) atoms. The number of aliphatic hydroxyl groups is 1. The summed E-state index contributed by atoms with van der Waals surface area (Å²) in [5, 5.41) is 9.52. The van der Waals surface area contributed by atoms with Crippen LogP contribution in [0.25, 0.3) is 0 Å². The molecule has 4 rings (SSSR count). The molecule has 1 saturated heterocycles. The Morgan fingerprint density at radius 1 is 1.00 bits per heavy atom. The molecule has 14 heteroatoms. The van der Waals surface area contributed by atoms with Crippen molar-refractivity contribution >= 4 is 21.4 Å². The molecule has 0 aromatic heterocycles. The second-order valence-corrected chi connectivity index (χ2v) is 11.2. The summed E-state index contributed by atoms with van der Waals surface area (Å²) in [6.07, 6.45) is -12.3. The van der Waals surface area contributed by atoms with Gasteiger partial charge in [0.15, 0.2) is 15.9 Å². The molecule has 1 saturated carbocycles. The Hall–Kier alpha value is -2.84. The molecule has 1 spiro atoms. The lowest BCUT2D eigenvalue weighted by Crippen LogP contribution is -2.41. The Balaban J connectivity index is 1.47. The summed E-state index contributed by atoms with van der Waals surface area (Å²) in [6, 6.07) is 9.10. The molecule has 1 amide bonds. The van der Waals surface area contributed by atoms with Crippen molar-refractivity contribution in [3.8, 4) is 5.75 Å². The fourth-order valence-corrected chi connectivity index (χ4v) is 6.61.